The van der Waals surface area contributed by atoms with E-state index in [1.165, 1.54) is 0 Å². The molecule has 4 nitrogen and oxygen atoms in total. The lowest BCUT2D eigenvalue weighted by Gasteiger charge is -2.09. The van der Waals surface area contributed by atoms with Crippen LogP contribution in [0.2, 0.25) is 5.02 Å². The van der Waals surface area contributed by atoms with Gasteiger partial charge in [-0.25, -0.2) is 4.98 Å². The molecular weight excluding hydrogens is 310 g/mol. The van der Waals surface area contributed by atoms with Crippen LogP contribution in [0.25, 0.3) is 0 Å². The van der Waals surface area contributed by atoms with E-state index in [4.69, 9.17) is 11.6 Å². The SMILES string of the molecule is Cc1nc(Nc2ccc(Cl)cc2)[nH]c(=O)c1Cc1ccccc1. The van der Waals surface area contributed by atoms with Crippen LogP contribution in [-0.4, -0.2) is 9.97 Å². The molecule has 1 heterocycles. The summed E-state index contributed by atoms with van der Waals surface area (Å²) in [7, 11) is 0. The minimum Gasteiger partial charge on any atom is -0.326 e. The molecule has 3 rings (SSSR count). The van der Waals surface area contributed by atoms with E-state index in [1.54, 1.807) is 12.1 Å². The van der Waals surface area contributed by atoms with E-state index < -0.39 is 0 Å². The molecule has 0 saturated carbocycles. The van der Waals surface area contributed by atoms with E-state index in [9.17, 15) is 4.79 Å². The number of H-pyrrole nitrogens is 1. The second-order valence-corrected chi connectivity index (χ2v) is 5.71. The summed E-state index contributed by atoms with van der Waals surface area (Å²) in [5.74, 6) is 0.423. The molecule has 0 spiro atoms. The van der Waals surface area contributed by atoms with Gasteiger partial charge in [0.1, 0.15) is 0 Å². The molecule has 0 bridgehead atoms. The number of aromatic amines is 1. The molecule has 0 radical (unpaired) electrons. The zero-order valence-corrected chi connectivity index (χ0v) is 13.4. The van der Waals surface area contributed by atoms with Crippen molar-refractivity contribution in [2.75, 3.05) is 5.32 Å². The monoisotopic (exact) mass is 325 g/mol. The van der Waals surface area contributed by atoms with Crippen molar-refractivity contribution in [3.05, 3.63) is 86.8 Å². The zero-order valence-electron chi connectivity index (χ0n) is 12.6. The van der Waals surface area contributed by atoms with Gasteiger partial charge in [-0.3, -0.25) is 9.78 Å². The lowest BCUT2D eigenvalue weighted by atomic mass is 10.1. The molecule has 0 amide bonds. The maximum absolute atomic E-state index is 12.4. The first-order chi connectivity index (χ1) is 11.1. The first-order valence-electron chi connectivity index (χ1n) is 7.28. The molecule has 116 valence electrons. The van der Waals surface area contributed by atoms with Crippen LogP contribution in [0, 0.1) is 6.92 Å². The van der Waals surface area contributed by atoms with Gasteiger partial charge in [0.05, 0.1) is 5.69 Å². The van der Waals surface area contributed by atoms with Crippen LogP contribution < -0.4 is 10.9 Å². The van der Waals surface area contributed by atoms with Crippen molar-refractivity contribution in [3.63, 3.8) is 0 Å². The smallest absolute Gasteiger partial charge is 0.256 e. The lowest BCUT2D eigenvalue weighted by molar-refractivity contribution is 0.986. The number of benzene rings is 2. The summed E-state index contributed by atoms with van der Waals surface area (Å²) < 4.78 is 0. The molecule has 0 aliphatic rings. The Bertz CT molecular complexity index is 858. The summed E-state index contributed by atoms with van der Waals surface area (Å²) in [4.78, 5) is 19.6. The minimum atomic E-state index is -0.127. The van der Waals surface area contributed by atoms with Crippen LogP contribution in [0.4, 0.5) is 11.6 Å². The molecule has 0 aliphatic heterocycles. The zero-order chi connectivity index (χ0) is 16.2. The highest BCUT2D eigenvalue weighted by Crippen LogP contribution is 2.17. The molecule has 3 aromatic rings. The highest BCUT2D eigenvalue weighted by atomic mass is 35.5. The molecule has 0 atom stereocenters. The average Bonchev–Trinajstić information content (AvgIpc) is 2.54. The summed E-state index contributed by atoms with van der Waals surface area (Å²) in [6, 6.07) is 17.1. The number of anilines is 2. The topological polar surface area (TPSA) is 57.8 Å². The van der Waals surface area contributed by atoms with Crippen LogP contribution in [0.15, 0.2) is 59.4 Å². The molecule has 23 heavy (non-hydrogen) atoms. The molecule has 0 aliphatic carbocycles. The second kappa shape index (κ2) is 6.67. The summed E-state index contributed by atoms with van der Waals surface area (Å²) in [6.45, 7) is 1.85. The van der Waals surface area contributed by atoms with Gasteiger partial charge in [-0.1, -0.05) is 41.9 Å². The van der Waals surface area contributed by atoms with Gasteiger partial charge in [0, 0.05) is 22.7 Å². The Kier molecular flexibility index (Phi) is 4.44. The van der Waals surface area contributed by atoms with E-state index in [2.05, 4.69) is 15.3 Å². The number of nitrogens with zero attached hydrogens (tertiary/aromatic N) is 1. The number of halogens is 1. The molecule has 1 aromatic heterocycles. The summed E-state index contributed by atoms with van der Waals surface area (Å²) >= 11 is 5.86. The van der Waals surface area contributed by atoms with Gasteiger partial charge in [-0.15, -0.1) is 0 Å². The third-order valence-corrected chi connectivity index (χ3v) is 3.80. The third kappa shape index (κ3) is 3.79. The quantitative estimate of drug-likeness (QED) is 0.760. The van der Waals surface area contributed by atoms with Crippen LogP contribution in [0.5, 0.6) is 0 Å². The first kappa shape index (κ1) is 15.3. The Labute approximate surface area is 139 Å². The van der Waals surface area contributed by atoms with Gasteiger partial charge in [-0.05, 0) is 36.8 Å². The third-order valence-electron chi connectivity index (χ3n) is 3.55. The fourth-order valence-corrected chi connectivity index (χ4v) is 2.47. The summed E-state index contributed by atoms with van der Waals surface area (Å²) in [6.07, 6.45) is 0.566. The number of aromatic nitrogens is 2. The average molecular weight is 326 g/mol. The molecule has 2 N–H and O–H groups in total. The van der Waals surface area contributed by atoms with Crippen LogP contribution in [-0.2, 0) is 6.42 Å². The molecule has 2 aromatic carbocycles. The predicted octanol–water partition coefficient (Wildman–Crippen LogP) is 4.07. The molecule has 0 fully saturated rings. The Balaban J connectivity index is 1.85. The van der Waals surface area contributed by atoms with Crippen molar-refractivity contribution in [3.8, 4) is 0 Å². The van der Waals surface area contributed by atoms with E-state index in [0.717, 1.165) is 11.3 Å². The predicted molar refractivity (Wildman–Crippen MR) is 93.6 cm³/mol. The van der Waals surface area contributed by atoms with Gasteiger partial charge in [0.2, 0.25) is 5.95 Å². The van der Waals surface area contributed by atoms with Gasteiger partial charge < -0.3 is 5.32 Å². The Morgan fingerprint density at radius 1 is 1.09 bits per heavy atom. The van der Waals surface area contributed by atoms with E-state index in [0.29, 0.717) is 28.6 Å². The Hall–Kier alpha value is -2.59. The van der Waals surface area contributed by atoms with Crippen molar-refractivity contribution in [1.82, 2.24) is 9.97 Å². The molecular formula is C18H16ClN3O. The summed E-state index contributed by atoms with van der Waals surface area (Å²) in [5, 5.41) is 3.74. The molecule has 0 unspecified atom stereocenters. The van der Waals surface area contributed by atoms with Crippen molar-refractivity contribution in [2.45, 2.75) is 13.3 Å². The van der Waals surface area contributed by atoms with E-state index in [1.807, 2.05) is 49.4 Å². The largest absolute Gasteiger partial charge is 0.326 e. The summed E-state index contributed by atoms with van der Waals surface area (Å²) in [5.41, 5.74) is 3.17. The molecule has 5 heteroatoms. The molecule has 0 saturated heterocycles. The van der Waals surface area contributed by atoms with Crippen molar-refractivity contribution in [1.29, 1.82) is 0 Å². The Morgan fingerprint density at radius 3 is 2.43 bits per heavy atom. The van der Waals surface area contributed by atoms with Crippen molar-refractivity contribution >= 4 is 23.2 Å². The standard InChI is InChI=1S/C18H16ClN3O/c1-12-16(11-13-5-3-2-4-6-13)17(23)22-18(20-12)21-15-9-7-14(19)8-10-15/h2-10H,11H2,1H3,(H2,20,21,22,23). The van der Waals surface area contributed by atoms with E-state index in [-0.39, 0.29) is 5.56 Å². The first-order valence-corrected chi connectivity index (χ1v) is 7.66. The highest BCUT2D eigenvalue weighted by Gasteiger charge is 2.09. The maximum atomic E-state index is 12.4. The maximum Gasteiger partial charge on any atom is 0.256 e. The fraction of sp³-hybridized carbons (Fsp3) is 0.111. The van der Waals surface area contributed by atoms with Crippen LogP contribution in [0.1, 0.15) is 16.8 Å². The van der Waals surface area contributed by atoms with E-state index >= 15 is 0 Å². The van der Waals surface area contributed by atoms with Gasteiger partial charge in [0.25, 0.3) is 5.56 Å². The van der Waals surface area contributed by atoms with Crippen LogP contribution in [0.3, 0.4) is 0 Å². The fourth-order valence-electron chi connectivity index (χ4n) is 2.35. The number of nitrogens with one attached hydrogen (secondary N) is 2. The number of hydrogen-bond acceptors (Lipinski definition) is 3. The van der Waals surface area contributed by atoms with Gasteiger partial charge in [-0.2, -0.15) is 0 Å². The lowest BCUT2D eigenvalue weighted by Crippen LogP contribution is -2.18. The van der Waals surface area contributed by atoms with Crippen molar-refractivity contribution in [2.24, 2.45) is 0 Å². The van der Waals surface area contributed by atoms with Gasteiger partial charge >= 0.3 is 0 Å². The number of rotatable bonds is 4. The Morgan fingerprint density at radius 2 is 1.78 bits per heavy atom. The number of aryl methyl sites for hydroxylation is 1. The van der Waals surface area contributed by atoms with Gasteiger partial charge in [0.15, 0.2) is 0 Å². The second-order valence-electron chi connectivity index (χ2n) is 5.27. The number of hydrogen-bond donors (Lipinski definition) is 2. The van der Waals surface area contributed by atoms with Crippen molar-refractivity contribution < 1.29 is 0 Å². The normalized spacial score (nSPS) is 10.5. The highest BCUT2D eigenvalue weighted by molar-refractivity contribution is 6.30. The minimum absolute atomic E-state index is 0.127. The van der Waals surface area contributed by atoms with Crippen LogP contribution >= 0.6 is 11.6 Å².